The first-order chi connectivity index (χ1) is 40.5. The third-order valence-electron chi connectivity index (χ3n) is 16.8. The fourth-order valence-corrected chi connectivity index (χ4v) is 11.8. The number of hydrogen-bond acceptors (Lipinski definition) is 21. The minimum absolute atomic E-state index is 0.0180. The number of imidazole rings is 1. The first-order valence-electron chi connectivity index (χ1n) is 28.1. The molecule has 0 spiro atoms. The number of nitro groups is 1. The van der Waals surface area contributed by atoms with Crippen molar-refractivity contribution in [1.82, 2.24) is 19.4 Å². The average molecular weight is 1170 g/mol. The van der Waals surface area contributed by atoms with Gasteiger partial charge >= 0.3 is 23.6 Å². The zero-order valence-electron chi connectivity index (χ0n) is 48.6. The lowest BCUT2D eigenvalue weighted by Crippen LogP contribution is -2.46. The number of nitrogens with one attached hydrogen (secondary N) is 1. The molecule has 450 valence electrons. The summed E-state index contributed by atoms with van der Waals surface area (Å²) < 4.78 is 44.1. The molecule has 10 atom stereocenters. The first kappa shape index (κ1) is 59.7. The molecule has 85 heavy (non-hydrogen) atoms. The number of piperazine rings is 1. The minimum atomic E-state index is -2.02. The molecular weight excluding hydrogens is 1100 g/mol. The van der Waals surface area contributed by atoms with Gasteiger partial charge in [0.1, 0.15) is 47.7 Å². The van der Waals surface area contributed by atoms with Gasteiger partial charge in [-0.1, -0.05) is 70.2 Å². The van der Waals surface area contributed by atoms with Gasteiger partial charge in [0, 0.05) is 117 Å². The van der Waals surface area contributed by atoms with Crippen molar-refractivity contribution in [3.8, 4) is 17.5 Å². The number of fused-ring (bicyclic) bond motifs is 3. The molecule has 0 radical (unpaired) electrons. The summed E-state index contributed by atoms with van der Waals surface area (Å²) in [6, 6.07) is 11.3. The van der Waals surface area contributed by atoms with E-state index in [2.05, 4.69) is 21.3 Å². The van der Waals surface area contributed by atoms with E-state index in [4.69, 9.17) is 37.8 Å². The van der Waals surface area contributed by atoms with E-state index in [-0.39, 0.29) is 79.6 Å². The molecule has 6 heterocycles. The summed E-state index contributed by atoms with van der Waals surface area (Å²) in [5.74, 6) is -7.50. The molecule has 4 aromatic carbocycles. The Balaban J connectivity index is 0.983. The molecule has 0 saturated carbocycles. The molecule has 24 nitrogen and oxygen atoms in total. The van der Waals surface area contributed by atoms with Gasteiger partial charge in [-0.05, 0) is 36.0 Å². The highest BCUT2D eigenvalue weighted by atomic mass is 16.7. The Morgan fingerprint density at radius 2 is 1.68 bits per heavy atom. The van der Waals surface area contributed by atoms with Gasteiger partial charge in [-0.2, -0.15) is 0 Å². The number of ether oxygens (including phenoxy) is 6. The molecular formula is C61H69N7O17. The van der Waals surface area contributed by atoms with Gasteiger partial charge in [-0.3, -0.25) is 28.6 Å². The zero-order valence-corrected chi connectivity index (χ0v) is 48.6. The van der Waals surface area contributed by atoms with Crippen LogP contribution >= 0.6 is 0 Å². The van der Waals surface area contributed by atoms with Crippen LogP contribution in [0.5, 0.6) is 17.5 Å². The number of aliphatic hydroxyl groups excluding tert-OH is 3. The Kier molecular flexibility index (Phi) is 16.8. The Bertz CT molecular complexity index is 3910. The Morgan fingerprint density at radius 1 is 0.941 bits per heavy atom. The monoisotopic (exact) mass is 1170 g/mol. The summed E-state index contributed by atoms with van der Waals surface area (Å²) in [7, 11) is 1.44. The third-order valence-corrected chi connectivity index (χ3v) is 16.8. The van der Waals surface area contributed by atoms with Crippen LogP contribution < -0.4 is 35.8 Å². The predicted octanol–water partition coefficient (Wildman–Crippen LogP) is 5.96. The lowest BCUT2D eigenvalue weighted by Gasteiger charge is -2.38. The lowest BCUT2D eigenvalue weighted by molar-refractivity contribution is -0.389. The summed E-state index contributed by atoms with van der Waals surface area (Å²) in [6.45, 7) is 16.3. The van der Waals surface area contributed by atoms with Crippen molar-refractivity contribution in [2.24, 2.45) is 23.7 Å². The van der Waals surface area contributed by atoms with Crippen molar-refractivity contribution in [2.45, 2.75) is 111 Å². The van der Waals surface area contributed by atoms with Gasteiger partial charge in [-0.25, -0.2) is 4.98 Å². The number of aliphatic hydroxyl groups is 3. The van der Waals surface area contributed by atoms with E-state index < -0.39 is 98.7 Å². The number of methoxy groups -OCH3 is 1. The molecule has 4 bridgehead atoms. The number of rotatable bonds is 9. The number of amides is 1. The van der Waals surface area contributed by atoms with Crippen molar-refractivity contribution in [1.29, 1.82) is 0 Å². The highest BCUT2D eigenvalue weighted by molar-refractivity contribution is 6.17. The number of nitrogens with zero attached hydrogens (tertiary/aromatic N) is 6. The second-order valence-corrected chi connectivity index (χ2v) is 22.7. The summed E-state index contributed by atoms with van der Waals surface area (Å²) in [5.41, 5.74) is 0.197. The molecule has 6 aromatic rings. The smallest absolute Gasteiger partial charge is 0.414 e. The molecule has 10 rings (SSSR count). The number of aromatic hydroxyl groups is 1. The molecule has 24 heteroatoms. The number of carbonyl (C=O) groups is 2. The van der Waals surface area contributed by atoms with Crippen LogP contribution in [0, 0.1) is 40.7 Å². The number of esters is 1. The van der Waals surface area contributed by atoms with Crippen LogP contribution in [0.15, 0.2) is 92.7 Å². The van der Waals surface area contributed by atoms with Gasteiger partial charge < -0.3 is 73.6 Å². The fraction of sp³-hybridized carbons (Fsp3) is 0.443. The topological polar surface area (TPSA) is 310 Å². The van der Waals surface area contributed by atoms with Crippen LogP contribution in [0.25, 0.3) is 38.7 Å². The van der Waals surface area contributed by atoms with E-state index in [9.17, 15) is 44.9 Å². The largest absolute Gasteiger partial charge is 0.507 e. The van der Waals surface area contributed by atoms with Crippen molar-refractivity contribution in [2.75, 3.05) is 50.1 Å². The number of hydrogen-bond donors (Lipinski definition) is 5. The molecule has 4 aliphatic heterocycles. The second-order valence-electron chi connectivity index (χ2n) is 22.7. The van der Waals surface area contributed by atoms with Crippen LogP contribution in [0.4, 0.5) is 17.2 Å². The quantitative estimate of drug-likeness (QED) is 0.0366. The Morgan fingerprint density at radius 3 is 2.40 bits per heavy atom. The van der Waals surface area contributed by atoms with Gasteiger partial charge in [-0.15, -0.1) is 0 Å². The highest BCUT2D eigenvalue weighted by Crippen LogP contribution is 2.43. The molecule has 2 aromatic heterocycles. The van der Waals surface area contributed by atoms with E-state index in [1.165, 1.54) is 65.5 Å². The average Bonchev–Trinajstić information content (AvgIpc) is 1.71. The highest BCUT2D eigenvalue weighted by Gasteiger charge is 2.44. The second kappa shape index (κ2) is 23.9. The molecule has 1 fully saturated rings. The number of carbonyl (C=O) groups excluding carboxylic acids is 2. The summed E-state index contributed by atoms with van der Waals surface area (Å²) in [4.78, 5) is 79.9. The Labute approximate surface area is 487 Å². The van der Waals surface area contributed by atoms with Crippen LogP contribution in [-0.4, -0.2) is 133 Å². The number of phenolic OH excluding ortho intramolecular Hbond substituents is 1. The van der Waals surface area contributed by atoms with Crippen molar-refractivity contribution in [3.05, 3.63) is 131 Å². The van der Waals surface area contributed by atoms with E-state index >= 15 is 4.79 Å². The normalized spacial score (nSPS) is 27.4. The lowest BCUT2D eigenvalue weighted by atomic mass is 9.78. The Hall–Kier alpha value is -8.42. The molecule has 1 unspecified atom stereocenters. The SMILES string of the molecule is CO[C@H]1/C=C/O[C@@]2(C)Oc3c(C)c(O)c4c(=O)c(c5oc6cc(N7CCN(Cc8cccc(COC9COc%10nc([N+](=O)[O-])cn%10C9)c8)CC7)cc(=O)c6nc5c4c3=C2O)NC(=O)/C(C)=C\C=C\[C@H](C)[C@H](O)[C@@H](C)[C@@H](O)[C@@H](C)[C@H](OC(C)=O)[C@@H]1C. The molecule has 0 aliphatic carbocycles. The number of anilines is 2. The third kappa shape index (κ3) is 11.6. The maximum Gasteiger partial charge on any atom is 0.414 e. The number of aromatic nitrogens is 3. The van der Waals surface area contributed by atoms with Gasteiger partial charge in [0.05, 0.1) is 48.3 Å². The number of phenols is 1. The predicted molar refractivity (Wildman–Crippen MR) is 312 cm³/mol. The number of benzene rings is 4. The van der Waals surface area contributed by atoms with Crippen LogP contribution in [-0.2, 0) is 48.2 Å². The maximum absolute atomic E-state index is 15.1. The van der Waals surface area contributed by atoms with E-state index in [0.29, 0.717) is 51.6 Å². The summed E-state index contributed by atoms with van der Waals surface area (Å²) in [6.07, 6.45) is 4.39. The van der Waals surface area contributed by atoms with Crippen molar-refractivity contribution >= 4 is 67.8 Å². The van der Waals surface area contributed by atoms with Crippen LogP contribution in [0.1, 0.15) is 65.2 Å². The van der Waals surface area contributed by atoms with E-state index in [1.807, 2.05) is 23.1 Å². The van der Waals surface area contributed by atoms with Crippen LogP contribution in [0.2, 0.25) is 0 Å². The van der Waals surface area contributed by atoms with Gasteiger partial charge in [0.15, 0.2) is 22.4 Å². The first-order valence-corrected chi connectivity index (χ1v) is 28.1. The molecule has 1 saturated heterocycles. The molecule has 1 amide bonds. The van der Waals surface area contributed by atoms with Crippen molar-refractivity contribution < 1.29 is 67.8 Å². The van der Waals surface area contributed by atoms with E-state index in [0.717, 1.165) is 11.1 Å². The molecule has 5 N–H and O–H groups in total. The summed E-state index contributed by atoms with van der Waals surface area (Å²) in [5, 5.41) is 60.8. The van der Waals surface area contributed by atoms with Crippen molar-refractivity contribution in [3.63, 3.8) is 0 Å². The summed E-state index contributed by atoms with van der Waals surface area (Å²) >= 11 is 0. The number of allylic oxidation sites excluding steroid dienone is 2. The zero-order chi connectivity index (χ0) is 60.9. The van der Waals surface area contributed by atoms with Gasteiger partial charge in [0.2, 0.25) is 10.9 Å². The standard InChI is InChI=1S/C61H69N7O17/c1-30-12-10-13-31(2)59(76)64-50-54(74)46-45(47-56(35(6)53(46)73)85-61(8,58(47)75)82-21-16-42(79-9)32(3)55(83-36(7)69)34(5)52(72)33(4)51(30)71)49-57(50)84-43-24-39(23-41(70)48(43)63-49)66-19-17-65(18-20-66)25-37-14-11-15-38(22-37)28-80-40-26-67-27-44(68(77)78)62-60(67)81-29-40/h10-16,21-24,27,30,32-34,40,42,51-52,55,71-73,75H,17-20,25-26,28-29H2,1-9H3,(H,64,76)/b12-10+,21-16+,31-13-/t30-,32+,33+,34+,40?,42-,51-,52+,55+,61-/m0/s1. The molecule has 4 aliphatic rings. The minimum Gasteiger partial charge on any atom is -0.507 e. The van der Waals surface area contributed by atoms with Gasteiger partial charge in [0.25, 0.3) is 5.91 Å². The van der Waals surface area contributed by atoms with E-state index in [1.54, 1.807) is 50.5 Å². The maximum atomic E-state index is 15.1. The van der Waals surface area contributed by atoms with Crippen LogP contribution in [0.3, 0.4) is 0 Å². The fourth-order valence-electron chi connectivity index (χ4n) is 11.8.